The molecule has 0 unspecified atom stereocenters. The normalized spacial score (nSPS) is 11.9. The summed E-state index contributed by atoms with van der Waals surface area (Å²) < 4.78 is 38.8. The first-order valence-corrected chi connectivity index (χ1v) is 13.1. The molecule has 37 heavy (non-hydrogen) atoms. The van der Waals surface area contributed by atoms with E-state index in [-0.39, 0.29) is 5.69 Å². The van der Waals surface area contributed by atoms with Gasteiger partial charge >= 0.3 is 6.18 Å². The largest absolute Gasteiger partial charge is 0.416 e. The average molecular weight is 562 g/mol. The zero-order valence-electron chi connectivity index (χ0n) is 19.0. The Kier molecular flexibility index (Phi) is 8.47. The Labute approximate surface area is 223 Å². The lowest BCUT2D eigenvalue weighted by Gasteiger charge is -2.09. The molecule has 1 aromatic heterocycles. The fourth-order valence-electron chi connectivity index (χ4n) is 3.08. The van der Waals surface area contributed by atoms with Crippen molar-refractivity contribution in [2.75, 3.05) is 5.32 Å². The predicted molar refractivity (Wildman–Crippen MR) is 142 cm³/mol. The monoisotopic (exact) mass is 561 g/mol. The number of aliphatic imine (C=N–C) groups is 1. The molecule has 0 aliphatic carbocycles. The Morgan fingerprint density at radius 3 is 2.19 bits per heavy atom. The molecular formula is C25H19ClF3N5OS2. The van der Waals surface area contributed by atoms with Crippen LogP contribution in [0.3, 0.4) is 0 Å². The molecule has 0 bridgehead atoms. The van der Waals surface area contributed by atoms with Crippen molar-refractivity contribution in [3.05, 3.63) is 101 Å². The number of amidine groups is 1. The number of alkyl halides is 4. The molecule has 12 heteroatoms. The third-order valence-corrected chi connectivity index (χ3v) is 7.39. The molecule has 1 amide bonds. The molecule has 3 aromatic carbocycles. The van der Waals surface area contributed by atoms with Crippen molar-refractivity contribution in [2.45, 2.75) is 22.1 Å². The lowest BCUT2D eigenvalue weighted by Crippen LogP contribution is -2.12. The lowest BCUT2D eigenvalue weighted by atomic mass is 10.1. The van der Waals surface area contributed by atoms with Crippen molar-refractivity contribution >= 4 is 57.3 Å². The van der Waals surface area contributed by atoms with E-state index in [9.17, 15) is 18.0 Å². The van der Waals surface area contributed by atoms with Crippen LogP contribution in [0.5, 0.6) is 0 Å². The molecule has 0 spiro atoms. The minimum absolute atomic E-state index is 0.278. The molecule has 0 aliphatic rings. The Bertz CT molecular complexity index is 1390. The maximum absolute atomic E-state index is 12.7. The molecule has 3 N–H and O–H groups in total. The highest BCUT2D eigenvalue weighted by Gasteiger charge is 2.30. The summed E-state index contributed by atoms with van der Waals surface area (Å²) in [5, 5.41) is 11.2. The van der Waals surface area contributed by atoms with Crippen molar-refractivity contribution < 1.29 is 18.0 Å². The summed E-state index contributed by atoms with van der Waals surface area (Å²) >= 11 is 8.59. The summed E-state index contributed by atoms with van der Waals surface area (Å²) in [5.41, 5.74) is 8.67. The Morgan fingerprint density at radius 1 is 0.946 bits per heavy atom. The molecule has 0 radical (unpaired) electrons. The number of nitrogens with one attached hydrogen (secondary N) is 1. The standard InChI is InChI=1S/C25H19ClF3N5OS2/c26-13-15-1-5-17(6-2-15)21(30)32-23-33-34-24(37-23)36-14-16-3-7-18(8-4-16)22(35)31-20-11-9-19(10-12-20)25(27,28)29/h1-12H,13-14H2,(H,31,35)(H2,30,32,33). The van der Waals surface area contributed by atoms with E-state index in [1.54, 1.807) is 24.3 Å². The van der Waals surface area contributed by atoms with E-state index in [2.05, 4.69) is 20.5 Å². The third kappa shape index (κ3) is 7.31. The van der Waals surface area contributed by atoms with E-state index in [0.29, 0.717) is 32.5 Å². The number of carbonyl (C=O) groups is 1. The zero-order chi connectivity index (χ0) is 26.4. The fourth-order valence-corrected chi connectivity index (χ4v) is 4.94. The van der Waals surface area contributed by atoms with E-state index in [1.165, 1.54) is 35.2 Å². The molecule has 0 fully saturated rings. The van der Waals surface area contributed by atoms with E-state index >= 15 is 0 Å². The molecule has 0 saturated heterocycles. The van der Waals surface area contributed by atoms with Gasteiger partial charge in [-0.15, -0.1) is 21.8 Å². The number of rotatable bonds is 8. The first-order chi connectivity index (χ1) is 17.7. The van der Waals surface area contributed by atoms with Gasteiger partial charge in [0.15, 0.2) is 4.34 Å². The third-order valence-electron chi connectivity index (χ3n) is 5.06. The molecule has 0 saturated carbocycles. The van der Waals surface area contributed by atoms with Gasteiger partial charge in [-0.25, -0.2) is 4.99 Å². The first-order valence-electron chi connectivity index (χ1n) is 10.7. The first kappa shape index (κ1) is 26.6. The van der Waals surface area contributed by atoms with Crippen LogP contribution in [0.2, 0.25) is 0 Å². The van der Waals surface area contributed by atoms with Gasteiger partial charge < -0.3 is 11.1 Å². The highest BCUT2D eigenvalue weighted by atomic mass is 35.5. The topological polar surface area (TPSA) is 93.3 Å². The molecule has 4 aromatic rings. The van der Waals surface area contributed by atoms with Gasteiger partial charge in [-0.05, 0) is 47.5 Å². The summed E-state index contributed by atoms with van der Waals surface area (Å²) in [6.45, 7) is 0. The quantitative estimate of drug-likeness (QED) is 0.106. The predicted octanol–water partition coefficient (Wildman–Crippen LogP) is 6.88. The number of hydrogen-bond donors (Lipinski definition) is 2. The van der Waals surface area contributed by atoms with Crippen LogP contribution in [0.15, 0.2) is 82.1 Å². The number of halogens is 4. The van der Waals surface area contributed by atoms with Crippen LogP contribution >= 0.6 is 34.7 Å². The summed E-state index contributed by atoms with van der Waals surface area (Å²) in [6, 6.07) is 18.7. The second-order valence-corrected chi connectivity index (χ2v) is 10.1. The molecule has 190 valence electrons. The van der Waals surface area contributed by atoms with Crippen LogP contribution in [0, 0.1) is 0 Å². The highest BCUT2D eigenvalue weighted by molar-refractivity contribution is 8.00. The molecule has 1 heterocycles. The Balaban J connectivity index is 1.31. The number of aromatic nitrogens is 2. The van der Waals surface area contributed by atoms with Crippen molar-refractivity contribution in [3.8, 4) is 0 Å². The zero-order valence-corrected chi connectivity index (χ0v) is 21.4. The minimum Gasteiger partial charge on any atom is -0.383 e. The second-order valence-electron chi connectivity index (χ2n) is 7.69. The van der Waals surface area contributed by atoms with Gasteiger partial charge in [0, 0.05) is 28.4 Å². The maximum atomic E-state index is 12.7. The summed E-state index contributed by atoms with van der Waals surface area (Å²) in [5.74, 6) is 0.932. The van der Waals surface area contributed by atoms with Crippen molar-refractivity contribution in [1.82, 2.24) is 10.2 Å². The number of benzene rings is 3. The van der Waals surface area contributed by atoms with E-state index in [4.69, 9.17) is 17.3 Å². The summed E-state index contributed by atoms with van der Waals surface area (Å²) in [4.78, 5) is 16.8. The molecule has 0 aliphatic heterocycles. The minimum atomic E-state index is -4.43. The van der Waals surface area contributed by atoms with Gasteiger partial charge in [0.1, 0.15) is 5.84 Å². The van der Waals surface area contributed by atoms with Crippen LogP contribution in [0.1, 0.15) is 32.6 Å². The van der Waals surface area contributed by atoms with Gasteiger partial charge in [-0.1, -0.05) is 59.5 Å². The van der Waals surface area contributed by atoms with Crippen LogP contribution in [0.25, 0.3) is 0 Å². The van der Waals surface area contributed by atoms with Crippen molar-refractivity contribution in [2.24, 2.45) is 10.7 Å². The summed E-state index contributed by atoms with van der Waals surface area (Å²) in [6.07, 6.45) is -4.43. The second kappa shape index (κ2) is 11.8. The number of nitrogens with zero attached hydrogens (tertiary/aromatic N) is 3. The number of nitrogens with two attached hydrogens (primary N) is 1. The van der Waals surface area contributed by atoms with Gasteiger partial charge in [0.05, 0.1) is 5.56 Å². The van der Waals surface area contributed by atoms with Crippen LogP contribution in [-0.4, -0.2) is 21.9 Å². The highest BCUT2D eigenvalue weighted by Crippen LogP contribution is 2.31. The molecule has 0 atom stereocenters. The Morgan fingerprint density at radius 2 is 1.57 bits per heavy atom. The molecular weight excluding hydrogens is 543 g/mol. The number of carbonyl (C=O) groups excluding carboxylic acids is 1. The van der Waals surface area contributed by atoms with Crippen LogP contribution in [0.4, 0.5) is 24.0 Å². The number of thioether (sulfide) groups is 1. The number of hydrogen-bond acceptors (Lipinski definition) is 6. The molecule has 6 nitrogen and oxygen atoms in total. The number of anilines is 1. The van der Waals surface area contributed by atoms with Crippen molar-refractivity contribution in [3.63, 3.8) is 0 Å². The van der Waals surface area contributed by atoms with Crippen LogP contribution < -0.4 is 11.1 Å². The maximum Gasteiger partial charge on any atom is 0.416 e. The van der Waals surface area contributed by atoms with Gasteiger partial charge in [-0.3, -0.25) is 4.79 Å². The summed E-state index contributed by atoms with van der Waals surface area (Å²) in [7, 11) is 0. The van der Waals surface area contributed by atoms with Gasteiger partial charge in [0.25, 0.3) is 5.91 Å². The SMILES string of the molecule is NC(=Nc1nnc(SCc2ccc(C(=O)Nc3ccc(C(F)(F)F)cc3)cc2)s1)c1ccc(CCl)cc1. The van der Waals surface area contributed by atoms with Crippen molar-refractivity contribution in [1.29, 1.82) is 0 Å². The lowest BCUT2D eigenvalue weighted by molar-refractivity contribution is -0.137. The van der Waals surface area contributed by atoms with Gasteiger partial charge in [-0.2, -0.15) is 13.2 Å². The Hall–Kier alpha value is -3.41. The average Bonchev–Trinajstić information content (AvgIpc) is 3.34. The van der Waals surface area contributed by atoms with E-state index < -0.39 is 17.6 Å². The fraction of sp³-hybridized carbons (Fsp3) is 0.120. The van der Waals surface area contributed by atoms with E-state index in [0.717, 1.165) is 28.8 Å². The molecule has 4 rings (SSSR count). The van der Waals surface area contributed by atoms with Gasteiger partial charge in [0.2, 0.25) is 5.13 Å². The smallest absolute Gasteiger partial charge is 0.383 e. The number of amides is 1. The van der Waals surface area contributed by atoms with E-state index in [1.807, 2.05) is 24.3 Å². The van der Waals surface area contributed by atoms with Crippen LogP contribution in [-0.2, 0) is 17.8 Å².